The van der Waals surface area contributed by atoms with Crippen LogP contribution in [0.5, 0.6) is 0 Å². The Morgan fingerprint density at radius 1 is 1.24 bits per heavy atom. The molecule has 0 amide bonds. The summed E-state index contributed by atoms with van der Waals surface area (Å²) >= 11 is 0. The van der Waals surface area contributed by atoms with Crippen molar-refractivity contribution in [3.63, 3.8) is 0 Å². The molecule has 0 atom stereocenters. The topological polar surface area (TPSA) is 40.7 Å². The monoisotopic (exact) mass is 231 g/mol. The molecular formula is C13H14FN3. The molecule has 0 spiro atoms. The minimum Gasteiger partial charge on any atom is -0.312 e. The Morgan fingerprint density at radius 3 is 2.88 bits per heavy atom. The first-order valence-electron chi connectivity index (χ1n) is 5.83. The van der Waals surface area contributed by atoms with Crippen molar-refractivity contribution in [2.45, 2.75) is 19.4 Å². The number of rotatable bonds is 2. The number of hydrogen-bond acceptors (Lipinski definition) is 2. The number of aromatic amines is 1. The van der Waals surface area contributed by atoms with E-state index in [4.69, 9.17) is 0 Å². The van der Waals surface area contributed by atoms with Gasteiger partial charge in [-0.25, -0.2) is 4.39 Å². The van der Waals surface area contributed by atoms with E-state index in [1.807, 2.05) is 12.1 Å². The average molecular weight is 231 g/mol. The fourth-order valence-corrected chi connectivity index (χ4v) is 2.23. The van der Waals surface area contributed by atoms with Gasteiger partial charge in [0.05, 0.1) is 5.69 Å². The van der Waals surface area contributed by atoms with Gasteiger partial charge in [-0.05, 0) is 17.7 Å². The quantitative estimate of drug-likeness (QED) is 0.827. The summed E-state index contributed by atoms with van der Waals surface area (Å²) in [5.41, 5.74) is 4.67. The molecule has 0 fully saturated rings. The molecule has 2 N–H and O–H groups in total. The van der Waals surface area contributed by atoms with Gasteiger partial charge in [-0.1, -0.05) is 12.1 Å². The van der Waals surface area contributed by atoms with E-state index in [0.717, 1.165) is 37.2 Å². The molecule has 3 rings (SSSR count). The summed E-state index contributed by atoms with van der Waals surface area (Å²) in [6.45, 7) is 1.88. The van der Waals surface area contributed by atoms with Crippen LogP contribution in [-0.4, -0.2) is 16.7 Å². The van der Waals surface area contributed by atoms with E-state index < -0.39 is 0 Å². The van der Waals surface area contributed by atoms with E-state index in [2.05, 4.69) is 15.5 Å². The lowest BCUT2D eigenvalue weighted by Gasteiger charge is -2.12. The maximum Gasteiger partial charge on any atom is 0.123 e. The van der Waals surface area contributed by atoms with Crippen LogP contribution < -0.4 is 5.32 Å². The molecule has 4 heteroatoms. The first kappa shape index (κ1) is 10.5. The molecule has 0 unspecified atom stereocenters. The summed E-state index contributed by atoms with van der Waals surface area (Å²) < 4.78 is 12.8. The Labute approximate surface area is 99.1 Å². The smallest absolute Gasteiger partial charge is 0.123 e. The molecule has 1 aromatic carbocycles. The summed E-state index contributed by atoms with van der Waals surface area (Å²) in [4.78, 5) is 0. The molecule has 0 aliphatic carbocycles. The third-order valence-corrected chi connectivity index (χ3v) is 3.18. The molecule has 2 aromatic rings. The van der Waals surface area contributed by atoms with Gasteiger partial charge in [0, 0.05) is 37.2 Å². The number of hydrogen-bond donors (Lipinski definition) is 2. The second kappa shape index (κ2) is 4.30. The van der Waals surface area contributed by atoms with Gasteiger partial charge in [0.15, 0.2) is 0 Å². The zero-order valence-electron chi connectivity index (χ0n) is 9.46. The number of fused-ring (bicyclic) bond motifs is 1. The van der Waals surface area contributed by atoms with E-state index >= 15 is 0 Å². The van der Waals surface area contributed by atoms with Crippen LogP contribution >= 0.6 is 0 Å². The average Bonchev–Trinajstić information content (AvgIpc) is 2.76. The minimum absolute atomic E-state index is 0.195. The molecule has 1 aromatic heterocycles. The molecule has 0 saturated heterocycles. The summed E-state index contributed by atoms with van der Waals surface area (Å²) in [6, 6.07) is 6.61. The van der Waals surface area contributed by atoms with Gasteiger partial charge in [0.25, 0.3) is 0 Å². The van der Waals surface area contributed by atoms with Crippen LogP contribution in [0, 0.1) is 5.82 Å². The molecule has 2 heterocycles. The van der Waals surface area contributed by atoms with Crippen molar-refractivity contribution in [1.82, 2.24) is 15.5 Å². The van der Waals surface area contributed by atoms with Crippen LogP contribution in [0.15, 0.2) is 24.3 Å². The standard InChI is InChI=1S/C13H14FN3/c14-10-3-1-9(2-4-10)7-13-11-8-15-6-5-12(11)16-17-13/h1-4,15H,5-8H2,(H,16,17). The molecule has 17 heavy (non-hydrogen) atoms. The second-order valence-corrected chi connectivity index (χ2v) is 4.36. The highest BCUT2D eigenvalue weighted by atomic mass is 19.1. The van der Waals surface area contributed by atoms with Crippen molar-refractivity contribution in [3.8, 4) is 0 Å². The van der Waals surface area contributed by atoms with Gasteiger partial charge in [0.1, 0.15) is 5.82 Å². The van der Waals surface area contributed by atoms with Crippen LogP contribution in [-0.2, 0) is 19.4 Å². The lowest BCUT2D eigenvalue weighted by molar-refractivity contribution is 0.627. The highest BCUT2D eigenvalue weighted by Crippen LogP contribution is 2.18. The number of halogens is 1. The van der Waals surface area contributed by atoms with Crippen molar-refractivity contribution in [2.75, 3.05) is 6.54 Å². The summed E-state index contributed by atoms with van der Waals surface area (Å²) in [6.07, 6.45) is 1.76. The Hall–Kier alpha value is -1.68. The zero-order chi connectivity index (χ0) is 11.7. The normalized spacial score (nSPS) is 14.6. The van der Waals surface area contributed by atoms with Crippen molar-refractivity contribution >= 4 is 0 Å². The van der Waals surface area contributed by atoms with Gasteiger partial charge in [0.2, 0.25) is 0 Å². The largest absolute Gasteiger partial charge is 0.312 e. The number of H-pyrrole nitrogens is 1. The molecule has 3 nitrogen and oxygen atoms in total. The maximum atomic E-state index is 12.8. The predicted molar refractivity (Wildman–Crippen MR) is 63.2 cm³/mol. The van der Waals surface area contributed by atoms with E-state index in [1.165, 1.54) is 23.4 Å². The molecule has 0 bridgehead atoms. The number of aromatic nitrogens is 2. The van der Waals surface area contributed by atoms with Crippen LogP contribution in [0.2, 0.25) is 0 Å². The van der Waals surface area contributed by atoms with E-state index in [9.17, 15) is 4.39 Å². The van der Waals surface area contributed by atoms with Crippen molar-refractivity contribution in [1.29, 1.82) is 0 Å². The number of benzene rings is 1. The fourth-order valence-electron chi connectivity index (χ4n) is 2.23. The SMILES string of the molecule is Fc1ccc(Cc2n[nH]c3c2CNCC3)cc1. The molecule has 1 aliphatic rings. The Morgan fingerprint density at radius 2 is 2.06 bits per heavy atom. The van der Waals surface area contributed by atoms with Gasteiger partial charge in [-0.3, -0.25) is 5.10 Å². The molecule has 88 valence electrons. The fraction of sp³-hybridized carbons (Fsp3) is 0.308. The number of nitrogens with one attached hydrogen (secondary N) is 2. The maximum absolute atomic E-state index is 12.8. The second-order valence-electron chi connectivity index (χ2n) is 4.36. The van der Waals surface area contributed by atoms with E-state index in [0.29, 0.717) is 0 Å². The van der Waals surface area contributed by atoms with Crippen molar-refractivity contribution < 1.29 is 4.39 Å². The molecule has 0 saturated carbocycles. The highest BCUT2D eigenvalue weighted by molar-refractivity contribution is 5.32. The Kier molecular flexibility index (Phi) is 2.65. The van der Waals surface area contributed by atoms with Gasteiger partial charge < -0.3 is 5.32 Å². The first-order chi connectivity index (χ1) is 8.33. The number of nitrogens with zero attached hydrogens (tertiary/aromatic N) is 1. The van der Waals surface area contributed by atoms with Gasteiger partial charge in [-0.2, -0.15) is 5.10 Å². The lowest BCUT2D eigenvalue weighted by Crippen LogP contribution is -2.23. The van der Waals surface area contributed by atoms with Crippen LogP contribution in [0.25, 0.3) is 0 Å². The third kappa shape index (κ3) is 2.08. The minimum atomic E-state index is -0.195. The summed E-state index contributed by atoms with van der Waals surface area (Å²) in [5, 5.41) is 10.8. The third-order valence-electron chi connectivity index (χ3n) is 3.18. The molecule has 0 radical (unpaired) electrons. The van der Waals surface area contributed by atoms with E-state index in [-0.39, 0.29) is 5.82 Å². The van der Waals surface area contributed by atoms with Gasteiger partial charge in [-0.15, -0.1) is 0 Å². The van der Waals surface area contributed by atoms with Gasteiger partial charge >= 0.3 is 0 Å². The van der Waals surface area contributed by atoms with Crippen LogP contribution in [0.4, 0.5) is 4.39 Å². The van der Waals surface area contributed by atoms with E-state index in [1.54, 1.807) is 0 Å². The van der Waals surface area contributed by atoms with Crippen LogP contribution in [0.3, 0.4) is 0 Å². The highest BCUT2D eigenvalue weighted by Gasteiger charge is 2.16. The van der Waals surface area contributed by atoms with Crippen molar-refractivity contribution in [3.05, 3.63) is 52.6 Å². The Balaban J connectivity index is 1.85. The summed E-state index contributed by atoms with van der Waals surface area (Å²) in [5.74, 6) is -0.195. The molecular weight excluding hydrogens is 217 g/mol. The van der Waals surface area contributed by atoms with Crippen LogP contribution in [0.1, 0.15) is 22.5 Å². The Bertz CT molecular complexity index is 516. The summed E-state index contributed by atoms with van der Waals surface area (Å²) in [7, 11) is 0. The first-order valence-corrected chi connectivity index (χ1v) is 5.83. The predicted octanol–water partition coefficient (Wildman–Crippen LogP) is 1.79. The zero-order valence-corrected chi connectivity index (χ0v) is 9.46. The molecule has 1 aliphatic heterocycles. The lowest BCUT2D eigenvalue weighted by atomic mass is 10.0. The van der Waals surface area contributed by atoms with Crippen molar-refractivity contribution in [2.24, 2.45) is 0 Å².